The van der Waals surface area contributed by atoms with Gasteiger partial charge < -0.3 is 9.73 Å². The van der Waals surface area contributed by atoms with E-state index in [4.69, 9.17) is 4.42 Å². The zero-order valence-corrected chi connectivity index (χ0v) is 10.6. The maximum atomic E-state index is 5.28. The third-order valence-electron chi connectivity index (χ3n) is 2.92. The second kappa shape index (κ2) is 6.25. The van der Waals surface area contributed by atoms with Crippen LogP contribution in [0.15, 0.2) is 9.64 Å². The minimum atomic E-state index is 0.640. The zero-order valence-electron chi connectivity index (χ0n) is 9.74. The number of nitrogens with one attached hydrogen (secondary N) is 1. The van der Waals surface area contributed by atoms with Gasteiger partial charge >= 0.3 is 0 Å². The molecule has 1 fully saturated rings. The predicted molar refractivity (Wildman–Crippen MR) is 64.6 cm³/mol. The number of hydrogen-bond acceptors (Lipinski definition) is 5. The molecule has 1 heterocycles. The first-order valence-electron chi connectivity index (χ1n) is 5.98. The number of hydrogen-bond donors (Lipinski definition) is 1. The molecule has 1 aromatic heterocycles. The van der Waals surface area contributed by atoms with E-state index in [-0.39, 0.29) is 0 Å². The van der Waals surface area contributed by atoms with Crippen LogP contribution in [0.1, 0.15) is 31.6 Å². The molecule has 1 aliphatic rings. The quantitative estimate of drug-likeness (QED) is 0.611. The summed E-state index contributed by atoms with van der Waals surface area (Å²) < 4.78 is 5.28. The van der Waals surface area contributed by atoms with Gasteiger partial charge in [-0.15, -0.1) is 10.2 Å². The van der Waals surface area contributed by atoms with Gasteiger partial charge in [-0.05, 0) is 25.3 Å². The van der Waals surface area contributed by atoms with Crippen molar-refractivity contribution < 1.29 is 4.42 Å². The minimum Gasteiger partial charge on any atom is -0.416 e. The fourth-order valence-corrected chi connectivity index (χ4v) is 2.77. The number of rotatable bonds is 6. The van der Waals surface area contributed by atoms with E-state index in [9.17, 15) is 0 Å². The molecule has 4 nitrogen and oxygen atoms in total. The summed E-state index contributed by atoms with van der Waals surface area (Å²) in [6.07, 6.45) is 5.65. The maximum Gasteiger partial charge on any atom is 0.276 e. The zero-order chi connectivity index (χ0) is 11.2. The molecule has 0 unspecified atom stereocenters. The van der Waals surface area contributed by atoms with Gasteiger partial charge in [-0.25, -0.2) is 0 Å². The Labute approximate surface area is 101 Å². The summed E-state index contributed by atoms with van der Waals surface area (Å²) >= 11 is 1.62. The first kappa shape index (κ1) is 11.9. The van der Waals surface area contributed by atoms with Gasteiger partial charge in [-0.2, -0.15) is 0 Å². The van der Waals surface area contributed by atoms with Crippen LogP contribution in [0.25, 0.3) is 0 Å². The lowest BCUT2D eigenvalue weighted by Crippen LogP contribution is -2.23. The van der Waals surface area contributed by atoms with Crippen LogP contribution in [0.4, 0.5) is 0 Å². The van der Waals surface area contributed by atoms with Crippen LogP contribution in [0.3, 0.4) is 0 Å². The van der Waals surface area contributed by atoms with Crippen molar-refractivity contribution in [3.05, 3.63) is 5.89 Å². The first-order valence-corrected chi connectivity index (χ1v) is 6.97. The molecule has 1 N–H and O–H groups in total. The number of thioether (sulfide) groups is 1. The van der Waals surface area contributed by atoms with E-state index in [1.54, 1.807) is 11.8 Å². The standard InChI is InChI=1S/C11H19N3OS/c1-9-13-14-11(15-9)16-7-6-12-8-10-4-2-3-5-10/h10,12H,2-8H2,1H3. The molecule has 90 valence electrons. The molecule has 16 heavy (non-hydrogen) atoms. The van der Waals surface area contributed by atoms with Gasteiger partial charge in [0.15, 0.2) is 0 Å². The van der Waals surface area contributed by atoms with Crippen molar-refractivity contribution in [3.63, 3.8) is 0 Å². The minimum absolute atomic E-state index is 0.640. The van der Waals surface area contributed by atoms with Crippen molar-refractivity contribution in [2.75, 3.05) is 18.8 Å². The average molecular weight is 241 g/mol. The summed E-state index contributed by atoms with van der Waals surface area (Å²) in [6.45, 7) is 4.00. The first-order chi connectivity index (χ1) is 7.84. The molecular formula is C11H19N3OS. The summed E-state index contributed by atoms with van der Waals surface area (Å²) in [5.74, 6) is 2.55. The van der Waals surface area contributed by atoms with Gasteiger partial charge in [0.2, 0.25) is 5.89 Å². The van der Waals surface area contributed by atoms with E-state index < -0.39 is 0 Å². The van der Waals surface area contributed by atoms with Crippen LogP contribution in [0.2, 0.25) is 0 Å². The highest BCUT2D eigenvalue weighted by Gasteiger charge is 2.13. The molecule has 2 rings (SSSR count). The van der Waals surface area contributed by atoms with Crippen LogP contribution in [-0.4, -0.2) is 29.0 Å². The van der Waals surface area contributed by atoms with E-state index >= 15 is 0 Å². The van der Waals surface area contributed by atoms with Crippen molar-refractivity contribution in [3.8, 4) is 0 Å². The highest BCUT2D eigenvalue weighted by molar-refractivity contribution is 7.99. The molecule has 5 heteroatoms. The highest BCUT2D eigenvalue weighted by atomic mass is 32.2. The Morgan fingerprint density at radius 3 is 2.88 bits per heavy atom. The SMILES string of the molecule is Cc1nnc(SCCNCC2CCCC2)o1. The van der Waals surface area contributed by atoms with Gasteiger partial charge in [0.25, 0.3) is 5.22 Å². The topological polar surface area (TPSA) is 51.0 Å². The second-order valence-corrected chi connectivity index (χ2v) is 5.34. The van der Waals surface area contributed by atoms with Gasteiger partial charge in [0.1, 0.15) is 0 Å². The smallest absolute Gasteiger partial charge is 0.276 e. The van der Waals surface area contributed by atoms with Gasteiger partial charge in [0.05, 0.1) is 0 Å². The van der Waals surface area contributed by atoms with Crippen LogP contribution >= 0.6 is 11.8 Å². The van der Waals surface area contributed by atoms with E-state index in [0.717, 1.165) is 18.2 Å². The van der Waals surface area contributed by atoms with Gasteiger partial charge in [-0.1, -0.05) is 24.6 Å². The summed E-state index contributed by atoms with van der Waals surface area (Å²) in [7, 11) is 0. The Kier molecular flexibility index (Phi) is 4.66. The van der Waals surface area contributed by atoms with Crippen molar-refractivity contribution in [2.45, 2.75) is 37.8 Å². The van der Waals surface area contributed by atoms with Gasteiger partial charge in [0, 0.05) is 19.2 Å². The monoisotopic (exact) mass is 241 g/mol. The Balaban J connectivity index is 1.51. The van der Waals surface area contributed by atoms with Crippen molar-refractivity contribution in [2.24, 2.45) is 5.92 Å². The fraction of sp³-hybridized carbons (Fsp3) is 0.818. The third kappa shape index (κ3) is 3.79. The Bertz CT molecular complexity index is 310. The van der Waals surface area contributed by atoms with Crippen molar-refractivity contribution in [1.29, 1.82) is 0 Å². The van der Waals surface area contributed by atoms with E-state index in [1.165, 1.54) is 32.2 Å². The summed E-state index contributed by atoms with van der Waals surface area (Å²) in [5.41, 5.74) is 0. The Morgan fingerprint density at radius 2 is 2.19 bits per heavy atom. The van der Waals surface area contributed by atoms with Gasteiger partial charge in [-0.3, -0.25) is 0 Å². The molecular weight excluding hydrogens is 222 g/mol. The molecule has 1 saturated carbocycles. The van der Waals surface area contributed by atoms with E-state index in [2.05, 4.69) is 15.5 Å². The molecule has 0 aromatic carbocycles. The largest absolute Gasteiger partial charge is 0.416 e. The highest BCUT2D eigenvalue weighted by Crippen LogP contribution is 2.23. The van der Waals surface area contributed by atoms with Crippen LogP contribution in [-0.2, 0) is 0 Å². The Morgan fingerprint density at radius 1 is 1.38 bits per heavy atom. The lowest BCUT2D eigenvalue weighted by Gasteiger charge is -2.09. The number of aryl methyl sites for hydroxylation is 1. The molecule has 1 aromatic rings. The summed E-state index contributed by atoms with van der Waals surface area (Å²) in [5, 5.41) is 11.9. The lowest BCUT2D eigenvalue weighted by molar-refractivity contribution is 0.429. The summed E-state index contributed by atoms with van der Waals surface area (Å²) in [6, 6.07) is 0. The fourth-order valence-electron chi connectivity index (χ4n) is 2.07. The van der Waals surface area contributed by atoms with E-state index in [0.29, 0.717) is 11.1 Å². The molecule has 0 radical (unpaired) electrons. The lowest BCUT2D eigenvalue weighted by atomic mass is 10.1. The van der Waals surface area contributed by atoms with E-state index in [1.807, 2.05) is 6.92 Å². The van der Waals surface area contributed by atoms with Crippen molar-refractivity contribution >= 4 is 11.8 Å². The molecule has 0 atom stereocenters. The van der Waals surface area contributed by atoms with Crippen LogP contribution < -0.4 is 5.32 Å². The normalized spacial score (nSPS) is 17.1. The average Bonchev–Trinajstić information content (AvgIpc) is 2.89. The van der Waals surface area contributed by atoms with Crippen LogP contribution in [0.5, 0.6) is 0 Å². The third-order valence-corrected chi connectivity index (χ3v) is 3.74. The molecule has 0 amide bonds. The van der Waals surface area contributed by atoms with Crippen LogP contribution in [0, 0.1) is 12.8 Å². The Hall–Kier alpha value is -0.550. The number of nitrogens with zero attached hydrogens (tertiary/aromatic N) is 2. The summed E-state index contributed by atoms with van der Waals surface area (Å²) in [4.78, 5) is 0. The second-order valence-electron chi connectivity index (χ2n) is 4.29. The molecule has 0 saturated heterocycles. The molecule has 0 aliphatic heterocycles. The molecule has 0 spiro atoms. The maximum absolute atomic E-state index is 5.28. The predicted octanol–water partition coefficient (Wildman–Crippen LogP) is 2.25. The molecule has 0 bridgehead atoms. The molecule has 1 aliphatic carbocycles. The van der Waals surface area contributed by atoms with Crippen molar-refractivity contribution in [1.82, 2.24) is 15.5 Å². The number of aromatic nitrogens is 2.